The van der Waals surface area contributed by atoms with Crippen molar-refractivity contribution in [2.24, 2.45) is 0 Å². The van der Waals surface area contributed by atoms with Crippen molar-refractivity contribution in [2.45, 2.75) is 4.90 Å². The number of aromatic nitrogens is 1. The Morgan fingerprint density at radius 3 is 2.92 bits per heavy atom. The molecule has 0 N–H and O–H groups in total. The highest BCUT2D eigenvalue weighted by atomic mass is 35.5. The van der Waals surface area contributed by atoms with Crippen molar-refractivity contribution in [3.05, 3.63) is 24.1 Å². The molecule has 1 heterocycles. The van der Waals surface area contributed by atoms with Crippen molar-refractivity contribution < 1.29 is 9.21 Å². The van der Waals surface area contributed by atoms with Gasteiger partial charge in [0.2, 0.25) is 0 Å². The van der Waals surface area contributed by atoms with Gasteiger partial charge in [-0.15, -0.1) is 12.6 Å². The smallest absolute Gasteiger partial charge is 0.307 e. The lowest BCUT2D eigenvalue weighted by Crippen LogP contribution is -1.85. The van der Waals surface area contributed by atoms with Crippen LogP contribution in [-0.2, 0) is 0 Å². The molecule has 0 aliphatic rings. The molecule has 0 saturated carbocycles. The van der Waals surface area contributed by atoms with Gasteiger partial charge in [-0.2, -0.15) is 0 Å². The molecule has 2 aromatic rings. The van der Waals surface area contributed by atoms with E-state index < -0.39 is 5.24 Å². The van der Waals surface area contributed by atoms with Crippen LogP contribution < -0.4 is 0 Å². The van der Waals surface area contributed by atoms with E-state index in [0.717, 1.165) is 0 Å². The Kier molecular flexibility index (Phi) is 2.01. The van der Waals surface area contributed by atoms with Gasteiger partial charge in [-0.3, -0.25) is 4.79 Å². The summed E-state index contributed by atoms with van der Waals surface area (Å²) in [6.07, 6.45) is 0. The van der Waals surface area contributed by atoms with Crippen LogP contribution in [-0.4, -0.2) is 10.2 Å². The van der Waals surface area contributed by atoms with Crippen LogP contribution in [0, 0.1) is 0 Å². The molecule has 0 aliphatic carbocycles. The van der Waals surface area contributed by atoms with Crippen LogP contribution in [0.5, 0.6) is 0 Å². The molecular weight excluding hydrogens is 210 g/mol. The lowest BCUT2D eigenvalue weighted by atomic mass is 10.3. The molecule has 1 aromatic carbocycles. The van der Waals surface area contributed by atoms with Crippen LogP contribution in [0.25, 0.3) is 11.1 Å². The number of carbonyl (C=O) groups is 1. The van der Waals surface area contributed by atoms with Gasteiger partial charge in [0.15, 0.2) is 5.58 Å². The molecule has 66 valence electrons. The van der Waals surface area contributed by atoms with E-state index in [9.17, 15) is 4.79 Å². The van der Waals surface area contributed by atoms with Gasteiger partial charge in [-0.1, -0.05) is 6.07 Å². The Morgan fingerprint density at radius 1 is 1.54 bits per heavy atom. The first-order valence-electron chi connectivity index (χ1n) is 3.47. The molecule has 0 spiro atoms. The predicted octanol–water partition coefficient (Wildman–Crippen LogP) is 2.50. The second-order valence-electron chi connectivity index (χ2n) is 2.42. The number of carbonyl (C=O) groups excluding carboxylic acids is 1. The van der Waals surface area contributed by atoms with Gasteiger partial charge >= 0.3 is 5.24 Å². The van der Waals surface area contributed by atoms with Gasteiger partial charge in [0, 0.05) is 4.90 Å². The Balaban J connectivity index is 2.75. The maximum atomic E-state index is 10.7. The normalized spacial score (nSPS) is 10.6. The Hall–Kier alpha value is -1.00. The highest BCUT2D eigenvalue weighted by Crippen LogP contribution is 2.22. The van der Waals surface area contributed by atoms with Crippen molar-refractivity contribution in [2.75, 3.05) is 0 Å². The van der Waals surface area contributed by atoms with E-state index in [2.05, 4.69) is 17.6 Å². The van der Waals surface area contributed by atoms with E-state index in [-0.39, 0.29) is 5.89 Å². The van der Waals surface area contributed by atoms with E-state index in [1.807, 2.05) is 0 Å². The van der Waals surface area contributed by atoms with Crippen LogP contribution in [0.3, 0.4) is 0 Å². The topological polar surface area (TPSA) is 43.1 Å². The largest absolute Gasteiger partial charge is 0.432 e. The first-order chi connectivity index (χ1) is 6.18. The molecule has 2 rings (SSSR count). The third-order valence-corrected chi connectivity index (χ3v) is 2.08. The number of para-hydroxylation sites is 1. The van der Waals surface area contributed by atoms with E-state index >= 15 is 0 Å². The summed E-state index contributed by atoms with van der Waals surface area (Å²) in [5, 5.41) is -0.705. The number of hydrogen-bond acceptors (Lipinski definition) is 4. The van der Waals surface area contributed by atoms with Gasteiger partial charge < -0.3 is 4.42 Å². The molecule has 0 amide bonds. The summed E-state index contributed by atoms with van der Waals surface area (Å²) in [6, 6.07) is 5.25. The summed E-state index contributed by atoms with van der Waals surface area (Å²) >= 11 is 9.35. The molecule has 1 aromatic heterocycles. The Bertz CT molecular complexity index is 480. The van der Waals surface area contributed by atoms with Crippen molar-refractivity contribution in [3.8, 4) is 0 Å². The zero-order valence-corrected chi connectivity index (χ0v) is 7.97. The zero-order chi connectivity index (χ0) is 9.42. The first-order valence-corrected chi connectivity index (χ1v) is 4.29. The predicted molar refractivity (Wildman–Crippen MR) is 51.4 cm³/mol. The molecule has 0 atom stereocenters. The summed E-state index contributed by atoms with van der Waals surface area (Å²) in [4.78, 5) is 15.2. The lowest BCUT2D eigenvalue weighted by molar-refractivity contribution is 0.105. The summed E-state index contributed by atoms with van der Waals surface area (Å²) in [7, 11) is 0. The number of oxazole rings is 1. The number of fused-ring (bicyclic) bond motifs is 1. The summed E-state index contributed by atoms with van der Waals surface area (Å²) < 4.78 is 5.09. The van der Waals surface area contributed by atoms with Crippen LogP contribution in [0.4, 0.5) is 0 Å². The number of thiol groups is 1. The highest BCUT2D eigenvalue weighted by molar-refractivity contribution is 7.80. The van der Waals surface area contributed by atoms with Gasteiger partial charge in [-0.25, -0.2) is 4.98 Å². The standard InChI is InChI=1S/C8H4ClNO2S/c9-7(11)8-10-4-2-1-3-5(13)6(4)12-8/h1-3,13H. The summed E-state index contributed by atoms with van der Waals surface area (Å²) in [6.45, 7) is 0. The highest BCUT2D eigenvalue weighted by Gasteiger charge is 2.12. The molecule has 0 bridgehead atoms. The van der Waals surface area contributed by atoms with Gasteiger partial charge in [0.05, 0.1) is 0 Å². The lowest BCUT2D eigenvalue weighted by Gasteiger charge is -1.88. The quantitative estimate of drug-likeness (QED) is 0.585. The molecule has 3 nitrogen and oxygen atoms in total. The maximum absolute atomic E-state index is 10.7. The van der Waals surface area contributed by atoms with Gasteiger partial charge in [0.1, 0.15) is 5.52 Å². The van der Waals surface area contributed by atoms with Crippen LogP contribution in [0.1, 0.15) is 10.7 Å². The van der Waals surface area contributed by atoms with E-state index in [1.54, 1.807) is 18.2 Å². The van der Waals surface area contributed by atoms with Crippen molar-refractivity contribution in [1.29, 1.82) is 0 Å². The SMILES string of the molecule is O=C(Cl)c1nc2cccc(S)c2o1. The van der Waals surface area contributed by atoms with Gasteiger partial charge in [-0.05, 0) is 23.7 Å². The second kappa shape index (κ2) is 3.05. The summed E-state index contributed by atoms with van der Waals surface area (Å²) in [5.74, 6) is -0.0989. The molecular formula is C8H4ClNO2S. The summed E-state index contributed by atoms with van der Waals surface area (Å²) in [5.41, 5.74) is 1.06. The van der Waals surface area contributed by atoms with E-state index in [4.69, 9.17) is 16.0 Å². The van der Waals surface area contributed by atoms with Gasteiger partial charge in [0.25, 0.3) is 5.89 Å². The van der Waals surface area contributed by atoms with Crippen LogP contribution in [0.2, 0.25) is 0 Å². The zero-order valence-electron chi connectivity index (χ0n) is 6.32. The number of nitrogens with zero attached hydrogens (tertiary/aromatic N) is 1. The van der Waals surface area contributed by atoms with Crippen molar-refractivity contribution >= 4 is 40.6 Å². The van der Waals surface area contributed by atoms with Crippen LogP contribution in [0.15, 0.2) is 27.5 Å². The Morgan fingerprint density at radius 2 is 2.31 bits per heavy atom. The fraction of sp³-hybridized carbons (Fsp3) is 0. The number of benzene rings is 1. The fourth-order valence-electron chi connectivity index (χ4n) is 1.02. The molecule has 0 unspecified atom stereocenters. The third kappa shape index (κ3) is 1.43. The minimum atomic E-state index is -0.705. The number of halogens is 1. The van der Waals surface area contributed by atoms with Crippen molar-refractivity contribution in [3.63, 3.8) is 0 Å². The first kappa shape index (κ1) is 8.59. The van der Waals surface area contributed by atoms with Crippen molar-refractivity contribution in [1.82, 2.24) is 4.98 Å². The molecule has 13 heavy (non-hydrogen) atoms. The molecule has 0 aliphatic heterocycles. The Labute approximate surface area is 84.1 Å². The average molecular weight is 214 g/mol. The molecule has 0 radical (unpaired) electrons. The van der Waals surface area contributed by atoms with Crippen LogP contribution >= 0.6 is 24.2 Å². The number of rotatable bonds is 1. The number of hydrogen-bond donors (Lipinski definition) is 1. The van der Waals surface area contributed by atoms with E-state index in [1.165, 1.54) is 0 Å². The second-order valence-corrected chi connectivity index (χ2v) is 3.24. The molecule has 0 fully saturated rings. The maximum Gasteiger partial charge on any atom is 0.307 e. The monoisotopic (exact) mass is 213 g/mol. The molecule has 5 heteroatoms. The van der Waals surface area contributed by atoms with E-state index in [0.29, 0.717) is 16.0 Å². The average Bonchev–Trinajstić information content (AvgIpc) is 2.49. The molecule has 0 saturated heterocycles. The minimum Gasteiger partial charge on any atom is -0.432 e. The third-order valence-electron chi connectivity index (χ3n) is 1.56. The fourth-order valence-corrected chi connectivity index (χ4v) is 1.35. The minimum absolute atomic E-state index is 0.0989.